The average molecular weight is 326 g/mol. The summed E-state index contributed by atoms with van der Waals surface area (Å²) in [6, 6.07) is 4.01. The second-order valence-corrected chi connectivity index (χ2v) is 6.40. The van der Waals surface area contributed by atoms with E-state index in [1.165, 1.54) is 12.1 Å². The maximum absolute atomic E-state index is 12.7. The van der Waals surface area contributed by atoms with Crippen molar-refractivity contribution in [3.05, 3.63) is 46.5 Å². The maximum Gasteiger partial charge on any atom is 0.324 e. The first-order chi connectivity index (χ1) is 10.4. The molecular formula is C13H14N2O6S. The van der Waals surface area contributed by atoms with Crippen molar-refractivity contribution in [2.24, 2.45) is 0 Å². The van der Waals surface area contributed by atoms with Crippen LogP contribution >= 0.6 is 0 Å². The molecule has 0 fully saturated rings. The van der Waals surface area contributed by atoms with Gasteiger partial charge in [0, 0.05) is 12.6 Å². The number of carbonyl (C=O) groups is 1. The summed E-state index contributed by atoms with van der Waals surface area (Å²) in [6.07, 6.45) is 3.42. The lowest BCUT2D eigenvalue weighted by atomic mass is 10.1. The highest BCUT2D eigenvalue weighted by molar-refractivity contribution is 7.89. The third-order valence-electron chi connectivity index (χ3n) is 3.28. The Hall–Kier alpha value is -2.26. The van der Waals surface area contributed by atoms with E-state index < -0.39 is 37.5 Å². The second kappa shape index (κ2) is 6.24. The van der Waals surface area contributed by atoms with Crippen molar-refractivity contribution in [1.82, 2.24) is 4.31 Å². The van der Waals surface area contributed by atoms with Gasteiger partial charge in [0.1, 0.15) is 6.04 Å². The summed E-state index contributed by atoms with van der Waals surface area (Å²) >= 11 is 0. The van der Waals surface area contributed by atoms with E-state index >= 15 is 0 Å². The average Bonchev–Trinajstić information content (AvgIpc) is 2.54. The number of nitro groups is 1. The first-order valence-electron chi connectivity index (χ1n) is 6.37. The van der Waals surface area contributed by atoms with Crippen LogP contribution in [0, 0.1) is 10.1 Å². The molecule has 9 heteroatoms. The first-order valence-corrected chi connectivity index (χ1v) is 7.81. The summed E-state index contributed by atoms with van der Waals surface area (Å²) < 4.78 is 31.0. The van der Waals surface area contributed by atoms with Crippen LogP contribution in [0.3, 0.4) is 0 Å². The molecule has 1 unspecified atom stereocenters. The Balaban J connectivity index is 2.52. The Labute approximate surface area is 127 Å². The van der Waals surface area contributed by atoms with Gasteiger partial charge < -0.3 is 4.74 Å². The van der Waals surface area contributed by atoms with Gasteiger partial charge in [0.05, 0.1) is 12.0 Å². The number of para-hydroxylation sites is 1. The zero-order chi connectivity index (χ0) is 16.3. The SMILES string of the molecule is COC(=O)C1CC=CCN1S(=O)(=O)c1ccccc1[N+](=O)[O-]. The number of sulfonamides is 1. The molecule has 0 amide bonds. The zero-order valence-corrected chi connectivity index (χ0v) is 12.5. The van der Waals surface area contributed by atoms with Gasteiger partial charge in [0.25, 0.3) is 15.7 Å². The number of carbonyl (C=O) groups excluding carboxylic acids is 1. The molecule has 1 aromatic rings. The Morgan fingerprint density at radius 1 is 1.36 bits per heavy atom. The van der Waals surface area contributed by atoms with E-state index in [0.29, 0.717) is 0 Å². The van der Waals surface area contributed by atoms with Crippen LogP contribution in [0.25, 0.3) is 0 Å². The number of ether oxygens (including phenoxy) is 1. The van der Waals surface area contributed by atoms with Gasteiger partial charge in [-0.3, -0.25) is 14.9 Å². The third-order valence-corrected chi connectivity index (χ3v) is 5.20. The molecule has 1 heterocycles. The number of benzene rings is 1. The Morgan fingerprint density at radius 3 is 2.68 bits per heavy atom. The van der Waals surface area contributed by atoms with Gasteiger partial charge in [-0.25, -0.2) is 8.42 Å². The van der Waals surface area contributed by atoms with Gasteiger partial charge in [0.2, 0.25) is 0 Å². The van der Waals surface area contributed by atoms with E-state index in [-0.39, 0.29) is 13.0 Å². The zero-order valence-electron chi connectivity index (χ0n) is 11.7. The monoisotopic (exact) mass is 326 g/mol. The number of methoxy groups -OCH3 is 1. The van der Waals surface area contributed by atoms with E-state index in [1.807, 2.05) is 0 Å². The summed E-state index contributed by atoms with van der Waals surface area (Å²) in [4.78, 5) is 21.6. The molecule has 1 aliphatic rings. The molecule has 0 aromatic heterocycles. The molecule has 118 valence electrons. The molecule has 22 heavy (non-hydrogen) atoms. The molecule has 0 radical (unpaired) electrons. The van der Waals surface area contributed by atoms with Crippen molar-refractivity contribution >= 4 is 21.7 Å². The number of hydrogen-bond acceptors (Lipinski definition) is 6. The van der Waals surface area contributed by atoms with Gasteiger partial charge in [-0.05, 0) is 12.5 Å². The summed E-state index contributed by atoms with van der Waals surface area (Å²) in [5.74, 6) is -0.702. The fraction of sp³-hybridized carbons (Fsp3) is 0.308. The van der Waals surface area contributed by atoms with Crippen molar-refractivity contribution in [3.63, 3.8) is 0 Å². The fourth-order valence-corrected chi connectivity index (χ4v) is 3.92. The van der Waals surface area contributed by atoms with Gasteiger partial charge in [-0.2, -0.15) is 4.31 Å². The molecule has 0 saturated heterocycles. The number of hydrogen-bond donors (Lipinski definition) is 0. The van der Waals surface area contributed by atoms with Crippen molar-refractivity contribution in [1.29, 1.82) is 0 Å². The van der Waals surface area contributed by atoms with E-state index in [0.717, 1.165) is 23.5 Å². The van der Waals surface area contributed by atoms with Crippen LogP contribution in [-0.4, -0.2) is 43.3 Å². The first kappa shape index (κ1) is 16.1. The Kier molecular flexibility index (Phi) is 4.57. The molecule has 1 aromatic carbocycles. The van der Waals surface area contributed by atoms with Crippen LogP contribution in [0.4, 0.5) is 5.69 Å². The van der Waals surface area contributed by atoms with E-state index in [4.69, 9.17) is 0 Å². The predicted octanol–water partition coefficient (Wildman–Crippen LogP) is 1.09. The summed E-state index contributed by atoms with van der Waals surface area (Å²) in [7, 11) is -3.04. The van der Waals surface area contributed by atoms with Crippen LogP contribution in [0.2, 0.25) is 0 Å². The Bertz CT molecular complexity index is 728. The minimum absolute atomic E-state index is 0.0475. The normalized spacial score (nSPS) is 18.9. The standard InChI is InChI=1S/C13H14N2O6S/c1-21-13(16)11-7-4-5-9-14(11)22(19,20)12-8-3-2-6-10(12)15(17)18/h2-6,8,11H,7,9H2,1H3. The summed E-state index contributed by atoms with van der Waals surface area (Å²) in [6.45, 7) is -0.0475. The number of esters is 1. The van der Waals surface area contributed by atoms with E-state index in [2.05, 4.69) is 4.74 Å². The smallest absolute Gasteiger partial charge is 0.324 e. The van der Waals surface area contributed by atoms with Crippen molar-refractivity contribution in [2.75, 3.05) is 13.7 Å². The van der Waals surface area contributed by atoms with E-state index in [9.17, 15) is 23.3 Å². The third kappa shape index (κ3) is 2.85. The highest BCUT2D eigenvalue weighted by Crippen LogP contribution is 2.29. The lowest BCUT2D eigenvalue weighted by molar-refractivity contribution is -0.387. The molecule has 0 bridgehead atoms. The molecule has 1 aliphatic heterocycles. The molecule has 0 spiro atoms. The predicted molar refractivity (Wildman–Crippen MR) is 76.5 cm³/mol. The lowest BCUT2D eigenvalue weighted by Crippen LogP contribution is -2.47. The minimum Gasteiger partial charge on any atom is -0.468 e. The topological polar surface area (TPSA) is 107 Å². The molecule has 0 saturated carbocycles. The highest BCUT2D eigenvalue weighted by Gasteiger charge is 2.39. The minimum atomic E-state index is -4.20. The van der Waals surface area contributed by atoms with Crippen LogP contribution < -0.4 is 0 Å². The van der Waals surface area contributed by atoms with Gasteiger partial charge >= 0.3 is 5.97 Å². The Morgan fingerprint density at radius 2 is 2.05 bits per heavy atom. The molecule has 1 atom stereocenters. The van der Waals surface area contributed by atoms with Crippen molar-refractivity contribution in [2.45, 2.75) is 17.4 Å². The quantitative estimate of drug-likeness (QED) is 0.355. The van der Waals surface area contributed by atoms with E-state index in [1.54, 1.807) is 12.2 Å². The highest BCUT2D eigenvalue weighted by atomic mass is 32.2. The summed E-state index contributed by atoms with van der Waals surface area (Å²) in [5, 5.41) is 11.0. The number of nitrogens with zero attached hydrogens (tertiary/aromatic N) is 2. The van der Waals surface area contributed by atoms with Crippen molar-refractivity contribution in [3.8, 4) is 0 Å². The number of rotatable bonds is 4. The molecule has 2 rings (SSSR count). The summed E-state index contributed by atoms with van der Waals surface area (Å²) in [5.41, 5.74) is -0.527. The fourth-order valence-electron chi connectivity index (χ4n) is 2.22. The van der Waals surface area contributed by atoms with Gasteiger partial charge in [-0.1, -0.05) is 24.3 Å². The molecule has 0 N–H and O–H groups in total. The largest absolute Gasteiger partial charge is 0.468 e. The van der Waals surface area contributed by atoms with Gasteiger partial charge in [0.15, 0.2) is 4.90 Å². The molecule has 8 nitrogen and oxygen atoms in total. The maximum atomic E-state index is 12.7. The van der Waals surface area contributed by atoms with Crippen LogP contribution in [-0.2, 0) is 19.6 Å². The van der Waals surface area contributed by atoms with Crippen LogP contribution in [0.1, 0.15) is 6.42 Å². The number of nitro benzene ring substituents is 1. The van der Waals surface area contributed by atoms with Crippen LogP contribution in [0.15, 0.2) is 41.3 Å². The molecule has 0 aliphatic carbocycles. The van der Waals surface area contributed by atoms with Crippen LogP contribution in [0.5, 0.6) is 0 Å². The van der Waals surface area contributed by atoms with Crippen molar-refractivity contribution < 1.29 is 22.9 Å². The second-order valence-electron chi connectivity index (χ2n) is 4.55. The molecular weight excluding hydrogens is 312 g/mol. The van der Waals surface area contributed by atoms with Gasteiger partial charge in [-0.15, -0.1) is 0 Å². The lowest BCUT2D eigenvalue weighted by Gasteiger charge is -2.29.